The fourth-order valence-corrected chi connectivity index (χ4v) is 3.68. The van der Waals surface area contributed by atoms with Crippen molar-refractivity contribution in [3.05, 3.63) is 54.1 Å². The highest BCUT2D eigenvalue weighted by atomic mass is 35.5. The highest BCUT2D eigenvalue weighted by Crippen LogP contribution is 2.30. The van der Waals surface area contributed by atoms with Crippen molar-refractivity contribution < 1.29 is 17.9 Å². The van der Waals surface area contributed by atoms with Gasteiger partial charge in [-0.15, -0.1) is 12.4 Å². The second-order valence-electron chi connectivity index (χ2n) is 6.19. The standard InChI is InChI=1S/C19H25N3O4S.ClH/c1-14(20)12-13-21-19(23)15-8-10-16(11-9-15)27(24,25)22(2)17-6-4-5-7-18(17)26-3;/h4-11,14H,12-13,20H2,1-3H3,(H,21,23);1H. The lowest BCUT2D eigenvalue weighted by atomic mass is 10.2. The highest BCUT2D eigenvalue weighted by molar-refractivity contribution is 7.92. The van der Waals surface area contributed by atoms with Gasteiger partial charge in [-0.1, -0.05) is 12.1 Å². The summed E-state index contributed by atoms with van der Waals surface area (Å²) in [5, 5.41) is 2.76. The van der Waals surface area contributed by atoms with Crippen LogP contribution in [0.25, 0.3) is 0 Å². The monoisotopic (exact) mass is 427 g/mol. The van der Waals surface area contributed by atoms with Crippen LogP contribution in [0.15, 0.2) is 53.4 Å². The zero-order chi connectivity index (χ0) is 20.0. The molecule has 0 heterocycles. The predicted octanol–water partition coefficient (Wildman–Crippen LogP) is 2.41. The van der Waals surface area contributed by atoms with E-state index in [0.29, 0.717) is 30.0 Å². The van der Waals surface area contributed by atoms with Gasteiger partial charge in [0, 0.05) is 25.2 Å². The van der Waals surface area contributed by atoms with Gasteiger partial charge in [0.05, 0.1) is 17.7 Å². The Kier molecular flexibility index (Phi) is 8.74. The number of hydrogen-bond donors (Lipinski definition) is 2. The lowest BCUT2D eigenvalue weighted by Crippen LogP contribution is -2.29. The van der Waals surface area contributed by atoms with E-state index in [0.717, 1.165) is 4.31 Å². The van der Waals surface area contributed by atoms with Gasteiger partial charge in [-0.2, -0.15) is 0 Å². The third-order valence-corrected chi connectivity index (χ3v) is 5.87. The van der Waals surface area contributed by atoms with Gasteiger partial charge in [0.1, 0.15) is 5.75 Å². The van der Waals surface area contributed by atoms with Gasteiger partial charge in [0.25, 0.3) is 15.9 Å². The molecule has 9 heteroatoms. The molecule has 0 saturated heterocycles. The minimum Gasteiger partial charge on any atom is -0.495 e. The van der Waals surface area contributed by atoms with Gasteiger partial charge in [0.2, 0.25) is 0 Å². The first-order valence-corrected chi connectivity index (χ1v) is 9.97. The van der Waals surface area contributed by atoms with Gasteiger partial charge in [-0.3, -0.25) is 9.10 Å². The minimum absolute atomic E-state index is 0. The Morgan fingerprint density at radius 2 is 1.79 bits per heavy atom. The number of para-hydroxylation sites is 2. The normalized spacial score (nSPS) is 11.9. The number of sulfonamides is 1. The van der Waals surface area contributed by atoms with Gasteiger partial charge >= 0.3 is 0 Å². The number of benzene rings is 2. The molecule has 2 rings (SSSR count). The molecular weight excluding hydrogens is 402 g/mol. The summed E-state index contributed by atoms with van der Waals surface area (Å²) in [7, 11) is -0.846. The minimum atomic E-state index is -3.79. The van der Waals surface area contributed by atoms with Gasteiger partial charge < -0.3 is 15.8 Å². The maximum atomic E-state index is 12.9. The van der Waals surface area contributed by atoms with Crippen LogP contribution >= 0.6 is 12.4 Å². The van der Waals surface area contributed by atoms with Gasteiger partial charge in [-0.05, 0) is 49.7 Å². The van der Waals surface area contributed by atoms with E-state index in [-0.39, 0.29) is 29.3 Å². The van der Waals surface area contributed by atoms with E-state index in [4.69, 9.17) is 10.5 Å². The van der Waals surface area contributed by atoms with Crippen LogP contribution in [0, 0.1) is 0 Å². The maximum Gasteiger partial charge on any atom is 0.264 e. The number of anilines is 1. The maximum absolute atomic E-state index is 12.9. The predicted molar refractivity (Wildman–Crippen MR) is 113 cm³/mol. The van der Waals surface area contributed by atoms with E-state index in [1.165, 1.54) is 38.4 Å². The molecule has 154 valence electrons. The summed E-state index contributed by atoms with van der Waals surface area (Å²) < 4.78 is 32.2. The first-order valence-electron chi connectivity index (χ1n) is 8.53. The van der Waals surface area contributed by atoms with Crippen molar-refractivity contribution in [1.29, 1.82) is 0 Å². The lowest BCUT2D eigenvalue weighted by Gasteiger charge is -2.21. The smallest absolute Gasteiger partial charge is 0.264 e. The molecule has 0 radical (unpaired) electrons. The van der Waals surface area contributed by atoms with Crippen molar-refractivity contribution in [3.8, 4) is 5.75 Å². The molecule has 28 heavy (non-hydrogen) atoms. The number of carbonyl (C=O) groups excluding carboxylic acids is 1. The first-order chi connectivity index (χ1) is 12.8. The molecule has 2 aromatic carbocycles. The number of nitrogens with two attached hydrogens (primary N) is 1. The van der Waals surface area contributed by atoms with Crippen molar-refractivity contribution in [2.75, 3.05) is 25.0 Å². The summed E-state index contributed by atoms with van der Waals surface area (Å²) in [6.45, 7) is 2.33. The van der Waals surface area contributed by atoms with E-state index in [1.54, 1.807) is 24.3 Å². The summed E-state index contributed by atoms with van der Waals surface area (Å²) >= 11 is 0. The van der Waals surface area contributed by atoms with Crippen LogP contribution in [0.5, 0.6) is 5.75 Å². The van der Waals surface area contributed by atoms with Crippen LogP contribution in [0.4, 0.5) is 5.69 Å². The quantitative estimate of drug-likeness (QED) is 0.673. The Hall–Kier alpha value is -2.29. The second-order valence-corrected chi connectivity index (χ2v) is 8.16. The highest BCUT2D eigenvalue weighted by Gasteiger charge is 2.23. The molecule has 0 aliphatic rings. The molecule has 1 unspecified atom stereocenters. The molecule has 0 saturated carbocycles. The number of ether oxygens (including phenoxy) is 1. The largest absolute Gasteiger partial charge is 0.495 e. The summed E-state index contributed by atoms with van der Waals surface area (Å²) in [4.78, 5) is 12.2. The zero-order valence-corrected chi connectivity index (χ0v) is 17.7. The van der Waals surface area contributed by atoms with Crippen molar-refractivity contribution in [3.63, 3.8) is 0 Å². The van der Waals surface area contributed by atoms with Crippen LogP contribution in [0.1, 0.15) is 23.7 Å². The number of methoxy groups -OCH3 is 1. The van der Waals surface area contributed by atoms with E-state index in [9.17, 15) is 13.2 Å². The number of halogens is 1. The Morgan fingerprint density at radius 1 is 1.18 bits per heavy atom. The number of amides is 1. The Morgan fingerprint density at radius 3 is 2.36 bits per heavy atom. The molecule has 7 nitrogen and oxygen atoms in total. The summed E-state index contributed by atoms with van der Waals surface area (Å²) in [6.07, 6.45) is 0.669. The van der Waals surface area contributed by atoms with Crippen LogP contribution < -0.4 is 20.1 Å². The van der Waals surface area contributed by atoms with E-state index in [1.807, 2.05) is 6.92 Å². The average Bonchev–Trinajstić information content (AvgIpc) is 2.67. The molecule has 0 aromatic heterocycles. The first kappa shape index (κ1) is 23.7. The molecule has 0 bridgehead atoms. The molecule has 2 aromatic rings. The van der Waals surface area contributed by atoms with Gasteiger partial charge in [0.15, 0.2) is 0 Å². The molecule has 0 spiro atoms. The fourth-order valence-electron chi connectivity index (χ4n) is 2.47. The SMILES string of the molecule is COc1ccccc1N(C)S(=O)(=O)c1ccc(C(=O)NCCC(C)N)cc1.Cl. The topological polar surface area (TPSA) is 102 Å². The van der Waals surface area contributed by atoms with Crippen LogP contribution in [-0.2, 0) is 10.0 Å². The number of nitrogens with zero attached hydrogens (tertiary/aromatic N) is 1. The van der Waals surface area contributed by atoms with Crippen LogP contribution in [0.2, 0.25) is 0 Å². The number of hydrogen-bond acceptors (Lipinski definition) is 5. The van der Waals surface area contributed by atoms with Crippen LogP contribution in [-0.4, -0.2) is 41.1 Å². The van der Waals surface area contributed by atoms with Gasteiger partial charge in [-0.25, -0.2) is 8.42 Å². The fraction of sp³-hybridized carbons (Fsp3) is 0.316. The summed E-state index contributed by atoms with van der Waals surface area (Å²) in [5.74, 6) is 0.186. The molecule has 1 amide bonds. The summed E-state index contributed by atoms with van der Waals surface area (Å²) in [6, 6.07) is 12.7. The molecule has 3 N–H and O–H groups in total. The van der Waals surface area contributed by atoms with E-state index in [2.05, 4.69) is 5.32 Å². The number of carbonyl (C=O) groups is 1. The number of nitrogens with one attached hydrogen (secondary N) is 1. The van der Waals surface area contributed by atoms with E-state index >= 15 is 0 Å². The molecule has 1 atom stereocenters. The van der Waals surface area contributed by atoms with Crippen LogP contribution in [0.3, 0.4) is 0 Å². The molecule has 0 aliphatic heterocycles. The Bertz CT molecular complexity index is 886. The zero-order valence-electron chi connectivity index (χ0n) is 16.1. The lowest BCUT2D eigenvalue weighted by molar-refractivity contribution is 0.0952. The van der Waals surface area contributed by atoms with Crippen molar-refractivity contribution >= 4 is 34.0 Å². The second kappa shape index (κ2) is 10.3. The number of rotatable bonds is 8. The Labute approximate surface area is 172 Å². The van der Waals surface area contributed by atoms with E-state index < -0.39 is 10.0 Å². The average molecular weight is 428 g/mol. The summed E-state index contributed by atoms with van der Waals surface area (Å²) in [5.41, 5.74) is 6.47. The molecule has 0 aliphatic carbocycles. The Balaban J connectivity index is 0.00000392. The van der Waals surface area contributed by atoms with Crippen molar-refractivity contribution in [2.24, 2.45) is 5.73 Å². The molecular formula is C19H26ClN3O4S. The molecule has 0 fully saturated rings. The third-order valence-electron chi connectivity index (χ3n) is 4.08. The van der Waals surface area contributed by atoms with Crippen molar-refractivity contribution in [2.45, 2.75) is 24.3 Å². The van der Waals surface area contributed by atoms with Crippen molar-refractivity contribution in [1.82, 2.24) is 5.32 Å². The third kappa shape index (κ3) is 5.60.